The van der Waals surface area contributed by atoms with Gasteiger partial charge in [0.2, 0.25) is 0 Å². The van der Waals surface area contributed by atoms with Gasteiger partial charge in [-0.05, 0) is 118 Å². The van der Waals surface area contributed by atoms with E-state index in [1.165, 1.54) is 118 Å². The Bertz CT molecular complexity index is 769. The standard InChI is InChI=1S/C12H18.4C10H15.2Ce/c1-11(2,3)9-7-8-10-12(4,5)6;4*1-6-7(2)9(4)10(5)8(6)3;;/h1-6H3;4*1-5H3;;/q-2;;;;;2*+3. The van der Waals surface area contributed by atoms with E-state index in [9.17, 15) is 0 Å². The molecule has 22 radical (unpaired) electrons. The Hall–Kier alpha value is 2.05. The molecule has 0 aromatic carbocycles. The van der Waals surface area contributed by atoms with Crippen molar-refractivity contribution in [1.29, 1.82) is 0 Å². The Morgan fingerprint density at radius 3 is 0.352 bits per heavy atom. The molecule has 4 aliphatic rings. The molecule has 0 saturated heterocycles. The molecule has 0 amide bonds. The predicted molar refractivity (Wildman–Crippen MR) is 231 cm³/mol. The molecule has 2 heteroatoms. The second-order valence-corrected chi connectivity index (χ2v) is 17.5. The molecule has 290 valence electrons. The fourth-order valence-electron chi connectivity index (χ4n) is 6.06. The maximum absolute atomic E-state index is 3.07. The monoisotopic (exact) mass is 982 g/mol. The van der Waals surface area contributed by atoms with Gasteiger partial charge in [0, 0.05) is 0 Å². The van der Waals surface area contributed by atoms with Gasteiger partial charge in [0.25, 0.3) is 0 Å². The Morgan fingerprint density at radius 1 is 0.222 bits per heavy atom. The molecule has 0 nitrogen and oxygen atoms in total. The molecule has 0 aromatic rings. The zero-order chi connectivity index (χ0) is 41.4. The number of rotatable bonds is 0. The fourth-order valence-corrected chi connectivity index (χ4v) is 6.06. The van der Waals surface area contributed by atoms with Crippen molar-refractivity contribution in [3.05, 3.63) is 142 Å². The van der Waals surface area contributed by atoms with Crippen molar-refractivity contribution in [3.63, 3.8) is 0 Å². The van der Waals surface area contributed by atoms with Crippen LogP contribution in [-0.4, -0.2) is 0 Å². The van der Waals surface area contributed by atoms with Crippen molar-refractivity contribution in [2.24, 2.45) is 10.8 Å². The first-order valence-corrected chi connectivity index (χ1v) is 19.2. The summed E-state index contributed by atoms with van der Waals surface area (Å²) in [6.07, 6.45) is 6.14. The van der Waals surface area contributed by atoms with Crippen LogP contribution in [0.1, 0.15) is 180 Å². The Labute approximate surface area is 411 Å². The largest absolute Gasteiger partial charge is 3.00 e. The second-order valence-electron chi connectivity index (χ2n) is 17.5. The molecule has 0 N–H and O–H groups in total. The molecule has 0 bridgehead atoms. The van der Waals surface area contributed by atoms with E-state index < -0.39 is 0 Å². The summed E-state index contributed by atoms with van der Waals surface area (Å²) in [5.74, 6) is 29.4. The molecule has 4 rings (SSSR count). The van der Waals surface area contributed by atoms with Crippen LogP contribution >= 0.6 is 0 Å². The minimum Gasteiger partial charge on any atom is -0.533 e. The minimum atomic E-state index is 0. The summed E-state index contributed by atoms with van der Waals surface area (Å²) in [7, 11) is 0. The van der Waals surface area contributed by atoms with E-state index in [1.54, 1.807) is 0 Å². The van der Waals surface area contributed by atoms with Crippen LogP contribution in [0.3, 0.4) is 0 Å². The summed E-state index contributed by atoms with van der Waals surface area (Å²) in [5.41, 5.74) is 5.87. The average Bonchev–Trinajstić information content (AvgIpc) is 3.51. The van der Waals surface area contributed by atoms with Crippen molar-refractivity contribution in [1.82, 2.24) is 0 Å². The van der Waals surface area contributed by atoms with Gasteiger partial charge in [0.05, 0.1) is 0 Å². The van der Waals surface area contributed by atoms with Gasteiger partial charge in [-0.1, -0.05) is 180 Å². The van der Waals surface area contributed by atoms with Crippen LogP contribution < -0.4 is 0 Å². The van der Waals surface area contributed by atoms with Gasteiger partial charge in [-0.2, -0.15) is 0 Å². The van der Waals surface area contributed by atoms with Crippen molar-refractivity contribution < 1.29 is 83.5 Å². The van der Waals surface area contributed by atoms with Crippen LogP contribution in [0.2, 0.25) is 0 Å². The van der Waals surface area contributed by atoms with Crippen LogP contribution in [0.25, 0.3) is 0 Å². The molecule has 0 heterocycles. The van der Waals surface area contributed by atoms with E-state index in [0.717, 1.165) is 0 Å². The molecule has 0 aliphatic heterocycles. The zero-order valence-electron chi connectivity index (χ0n) is 40.0. The topological polar surface area (TPSA) is 0 Å². The molecule has 54 heavy (non-hydrogen) atoms. The Morgan fingerprint density at radius 2 is 0.296 bits per heavy atom. The molecule has 4 fully saturated rings. The van der Waals surface area contributed by atoms with Crippen molar-refractivity contribution in [2.75, 3.05) is 0 Å². The first kappa shape index (κ1) is 60.4. The van der Waals surface area contributed by atoms with E-state index in [2.05, 4.69) is 204 Å². The van der Waals surface area contributed by atoms with Crippen LogP contribution in [-0.2, 0) is 0 Å². The quantitative estimate of drug-likeness (QED) is 0.168. The molecule has 4 aliphatic carbocycles. The summed E-state index contributed by atoms with van der Waals surface area (Å²) in [5, 5.41) is 0. The number of allylic oxidation sites excluding steroid dienone is 2. The second kappa shape index (κ2) is 26.4. The normalized spacial score (nSPS) is 23.7. The Balaban J connectivity index is -0.000000597. The average molecular weight is 983 g/mol. The van der Waals surface area contributed by atoms with Crippen LogP contribution in [0.4, 0.5) is 0 Å². The van der Waals surface area contributed by atoms with E-state index in [-0.39, 0.29) is 94.3 Å². The smallest absolute Gasteiger partial charge is 0.533 e. The van der Waals surface area contributed by atoms with E-state index in [4.69, 9.17) is 0 Å². The Kier molecular flexibility index (Phi) is 29.5. The van der Waals surface area contributed by atoms with Gasteiger partial charge in [-0.25, -0.2) is 0 Å². The van der Waals surface area contributed by atoms with Gasteiger partial charge in [0.15, 0.2) is 0 Å². The van der Waals surface area contributed by atoms with Gasteiger partial charge in [-0.15, -0.1) is 10.8 Å². The maximum atomic E-state index is 3.07. The maximum Gasteiger partial charge on any atom is 3.00 e. The van der Waals surface area contributed by atoms with Gasteiger partial charge in [-0.3, -0.25) is 0 Å². The van der Waals surface area contributed by atoms with Crippen molar-refractivity contribution in [2.45, 2.75) is 180 Å². The predicted octanol–water partition coefficient (Wildman–Crippen LogP) is 15.4. The van der Waals surface area contributed by atoms with Gasteiger partial charge in [0.1, 0.15) is 0 Å². The van der Waals surface area contributed by atoms with Crippen LogP contribution in [0.15, 0.2) is 11.5 Å². The summed E-state index contributed by atoms with van der Waals surface area (Å²) in [6.45, 7) is 56.5. The summed E-state index contributed by atoms with van der Waals surface area (Å²) in [6, 6.07) is 0. The van der Waals surface area contributed by atoms with Crippen molar-refractivity contribution in [3.8, 4) is 0 Å². The number of hydrogen-bond acceptors (Lipinski definition) is 0. The van der Waals surface area contributed by atoms with E-state index in [0.29, 0.717) is 0 Å². The number of hydrogen-bond donors (Lipinski definition) is 0. The molecule has 0 unspecified atom stereocenters. The molecule has 0 atom stereocenters. The molecular formula is C52H78Ce2+4. The minimum absolute atomic E-state index is 0. The zero-order valence-corrected chi connectivity index (χ0v) is 46.3. The third-order valence-electron chi connectivity index (χ3n) is 12.2. The van der Waals surface area contributed by atoms with Gasteiger partial charge >= 0.3 is 83.5 Å². The van der Waals surface area contributed by atoms with Crippen LogP contribution in [0, 0.1) is 225 Å². The molecule has 4 saturated carbocycles. The molecular weight excluding hydrogens is 905 g/mol. The van der Waals surface area contributed by atoms with E-state index >= 15 is 0 Å². The van der Waals surface area contributed by atoms with Crippen molar-refractivity contribution >= 4 is 0 Å². The first-order chi connectivity index (χ1) is 23.4. The van der Waals surface area contributed by atoms with Crippen LogP contribution in [0.5, 0.6) is 0 Å². The van der Waals surface area contributed by atoms with E-state index in [1.807, 2.05) is 0 Å². The molecule has 0 aromatic heterocycles. The fraction of sp³-hybridized carbons (Fsp3) is 0.538. The van der Waals surface area contributed by atoms with Gasteiger partial charge < -0.3 is 23.6 Å². The summed E-state index contributed by atoms with van der Waals surface area (Å²) >= 11 is 0. The third-order valence-corrected chi connectivity index (χ3v) is 12.2. The summed E-state index contributed by atoms with van der Waals surface area (Å²) in [4.78, 5) is 0. The SMILES string of the molecule is CC(C)(C)[C-]=C=C=[C-]C(C)(C)C.C[C]1[C](C)[C](C)[C](C)[C]1C.C[C]1[C](C)[C](C)[C](C)[C]1C.C[C]1[C](C)[C](C)[C](C)[C]1C.C[C]1[C](C)[C](C)[C](C)[C]1C.[Ce+3].[Ce+3]. The first-order valence-electron chi connectivity index (χ1n) is 19.2. The third kappa shape index (κ3) is 18.4. The molecule has 0 spiro atoms. The summed E-state index contributed by atoms with van der Waals surface area (Å²) < 4.78 is 0.